The van der Waals surface area contributed by atoms with Gasteiger partial charge in [-0.25, -0.2) is 4.39 Å². The molecule has 0 aliphatic carbocycles. The Labute approximate surface area is 148 Å². The first-order valence-corrected chi connectivity index (χ1v) is 8.95. The first kappa shape index (κ1) is 17.5. The zero-order chi connectivity index (χ0) is 17.8. The lowest BCUT2D eigenvalue weighted by atomic mass is 9.99. The highest BCUT2D eigenvalue weighted by Gasteiger charge is 2.18. The number of carbonyl (C=O) groups is 1. The third kappa shape index (κ3) is 4.19. The maximum atomic E-state index is 13.7. The number of piperidine rings is 1. The van der Waals surface area contributed by atoms with Crippen LogP contribution < -0.4 is 10.2 Å². The number of anilines is 1. The summed E-state index contributed by atoms with van der Waals surface area (Å²) in [5.74, 6) is -0.159. The van der Waals surface area contributed by atoms with Crippen molar-refractivity contribution in [2.75, 3.05) is 18.0 Å². The Balaban J connectivity index is 1.65. The van der Waals surface area contributed by atoms with Crippen molar-refractivity contribution in [1.29, 1.82) is 0 Å². The average Bonchev–Trinajstić information content (AvgIpc) is 2.62. The van der Waals surface area contributed by atoms with Gasteiger partial charge in [-0.05, 0) is 55.5 Å². The molecular weight excluding hydrogens is 315 g/mol. The number of nitrogens with zero attached hydrogens (tertiary/aromatic N) is 1. The van der Waals surface area contributed by atoms with Gasteiger partial charge in [0.15, 0.2) is 0 Å². The minimum atomic E-state index is -0.498. The third-order valence-corrected chi connectivity index (χ3v) is 4.88. The normalized spacial score (nSPS) is 18.7. The second-order valence-electron chi connectivity index (χ2n) is 6.96. The smallest absolute Gasteiger partial charge is 0.254 e. The molecule has 1 fully saturated rings. The maximum Gasteiger partial charge on any atom is 0.254 e. The van der Waals surface area contributed by atoms with Gasteiger partial charge in [0.2, 0.25) is 0 Å². The van der Waals surface area contributed by atoms with Gasteiger partial charge >= 0.3 is 0 Å². The van der Waals surface area contributed by atoms with Crippen molar-refractivity contribution in [1.82, 2.24) is 5.32 Å². The molecule has 0 bridgehead atoms. The first-order valence-electron chi connectivity index (χ1n) is 8.95. The van der Waals surface area contributed by atoms with Gasteiger partial charge in [-0.2, -0.15) is 0 Å². The highest BCUT2D eigenvalue weighted by Crippen LogP contribution is 2.24. The Kier molecular flexibility index (Phi) is 5.37. The van der Waals surface area contributed by atoms with Crippen LogP contribution in [-0.4, -0.2) is 19.0 Å². The maximum absolute atomic E-state index is 13.7. The monoisotopic (exact) mass is 340 g/mol. The molecule has 4 heteroatoms. The molecule has 132 valence electrons. The highest BCUT2D eigenvalue weighted by molar-refractivity contribution is 5.94. The number of hydrogen-bond donors (Lipinski definition) is 1. The topological polar surface area (TPSA) is 32.3 Å². The summed E-state index contributed by atoms with van der Waals surface area (Å²) in [5, 5.41) is 2.87. The van der Waals surface area contributed by atoms with Crippen LogP contribution in [0, 0.1) is 11.7 Å². The van der Waals surface area contributed by atoms with Gasteiger partial charge in [-0.3, -0.25) is 4.79 Å². The summed E-state index contributed by atoms with van der Waals surface area (Å²) in [7, 11) is 0. The third-order valence-electron chi connectivity index (χ3n) is 4.88. The molecule has 1 aliphatic heterocycles. The Bertz CT molecular complexity index is 729. The molecule has 1 N–H and O–H groups in total. The van der Waals surface area contributed by atoms with Crippen LogP contribution in [0.25, 0.3) is 0 Å². The molecule has 1 heterocycles. The van der Waals surface area contributed by atoms with Gasteiger partial charge in [0, 0.05) is 18.8 Å². The van der Waals surface area contributed by atoms with Crippen molar-refractivity contribution in [2.24, 2.45) is 5.92 Å². The second kappa shape index (κ2) is 7.68. The predicted octanol–water partition coefficient (Wildman–Crippen LogP) is 4.55. The predicted molar refractivity (Wildman–Crippen MR) is 99.3 cm³/mol. The van der Waals surface area contributed by atoms with Crippen LogP contribution in [0.4, 0.5) is 10.1 Å². The largest absolute Gasteiger partial charge is 0.371 e. The summed E-state index contributed by atoms with van der Waals surface area (Å²) in [6.45, 7) is 6.40. The van der Waals surface area contributed by atoms with Gasteiger partial charge in [-0.15, -0.1) is 0 Å². The number of carbonyl (C=O) groups excluding carboxylic acids is 1. The van der Waals surface area contributed by atoms with Gasteiger partial charge in [0.25, 0.3) is 5.91 Å². The summed E-state index contributed by atoms with van der Waals surface area (Å²) < 4.78 is 13.7. The molecule has 2 aromatic carbocycles. The van der Waals surface area contributed by atoms with Gasteiger partial charge in [0.05, 0.1) is 11.6 Å². The van der Waals surface area contributed by atoms with E-state index in [2.05, 4.69) is 29.3 Å². The highest BCUT2D eigenvalue weighted by atomic mass is 19.1. The summed E-state index contributed by atoms with van der Waals surface area (Å²) in [6.07, 6.45) is 2.53. The van der Waals surface area contributed by atoms with E-state index < -0.39 is 5.82 Å². The number of halogens is 1. The van der Waals surface area contributed by atoms with E-state index in [0.717, 1.165) is 24.6 Å². The van der Waals surface area contributed by atoms with Crippen molar-refractivity contribution < 1.29 is 9.18 Å². The molecule has 2 atom stereocenters. The molecule has 1 saturated heterocycles. The van der Waals surface area contributed by atoms with Crippen LogP contribution in [0.15, 0.2) is 48.5 Å². The molecule has 0 unspecified atom stereocenters. The Morgan fingerprint density at radius 3 is 2.60 bits per heavy atom. The number of hydrogen-bond acceptors (Lipinski definition) is 2. The molecule has 3 rings (SSSR count). The zero-order valence-corrected chi connectivity index (χ0v) is 14.8. The van der Waals surface area contributed by atoms with Crippen molar-refractivity contribution in [3.63, 3.8) is 0 Å². The molecule has 3 nitrogen and oxygen atoms in total. The van der Waals surface area contributed by atoms with E-state index in [4.69, 9.17) is 0 Å². The van der Waals surface area contributed by atoms with E-state index >= 15 is 0 Å². The van der Waals surface area contributed by atoms with Crippen LogP contribution in [0.5, 0.6) is 0 Å². The zero-order valence-electron chi connectivity index (χ0n) is 14.8. The van der Waals surface area contributed by atoms with E-state index in [1.165, 1.54) is 30.7 Å². The molecule has 1 aliphatic rings. The minimum absolute atomic E-state index is 0.0771. The Hall–Kier alpha value is -2.36. The number of rotatable bonds is 4. The first-order chi connectivity index (χ1) is 12.0. The SMILES string of the molecule is C[C@@H]1CCCN(c2ccc([C@H](C)NC(=O)c3ccccc3F)cc2)C1. The van der Waals surface area contributed by atoms with Crippen LogP contribution in [0.2, 0.25) is 0 Å². The van der Waals surface area contributed by atoms with Gasteiger partial charge in [-0.1, -0.05) is 31.2 Å². The van der Waals surface area contributed by atoms with Crippen molar-refractivity contribution in [3.8, 4) is 0 Å². The van der Waals surface area contributed by atoms with E-state index in [1.54, 1.807) is 12.1 Å². The number of nitrogens with one attached hydrogen (secondary N) is 1. The van der Waals surface area contributed by atoms with E-state index in [1.807, 2.05) is 19.1 Å². The summed E-state index contributed by atoms with van der Waals surface area (Å²) in [4.78, 5) is 14.7. The molecule has 0 spiro atoms. The van der Waals surface area contributed by atoms with Crippen LogP contribution in [0.3, 0.4) is 0 Å². The van der Waals surface area contributed by atoms with E-state index in [0.29, 0.717) is 0 Å². The summed E-state index contributed by atoms with van der Waals surface area (Å²) >= 11 is 0. The molecule has 2 aromatic rings. The van der Waals surface area contributed by atoms with Crippen LogP contribution in [-0.2, 0) is 0 Å². The minimum Gasteiger partial charge on any atom is -0.371 e. The Morgan fingerprint density at radius 2 is 1.92 bits per heavy atom. The van der Waals surface area contributed by atoms with Crippen LogP contribution >= 0.6 is 0 Å². The summed E-state index contributed by atoms with van der Waals surface area (Å²) in [6, 6.07) is 14.2. The van der Waals surface area contributed by atoms with E-state index in [9.17, 15) is 9.18 Å². The fourth-order valence-corrected chi connectivity index (χ4v) is 3.40. The molecular formula is C21H25FN2O. The quantitative estimate of drug-likeness (QED) is 0.885. The summed E-state index contributed by atoms with van der Waals surface area (Å²) in [5.41, 5.74) is 2.31. The lowest BCUT2D eigenvalue weighted by Crippen LogP contribution is -2.34. The van der Waals surface area contributed by atoms with E-state index in [-0.39, 0.29) is 17.5 Å². The van der Waals surface area contributed by atoms with Gasteiger partial charge in [0.1, 0.15) is 5.82 Å². The fourth-order valence-electron chi connectivity index (χ4n) is 3.40. The molecule has 1 amide bonds. The standard InChI is InChI=1S/C21H25FN2O/c1-15-6-5-13-24(14-15)18-11-9-17(10-12-18)16(2)23-21(25)19-7-3-4-8-20(19)22/h3-4,7-12,15-16H,5-6,13-14H2,1-2H3,(H,23,25)/t15-,16+/m1/s1. The van der Waals surface area contributed by atoms with Crippen LogP contribution in [0.1, 0.15) is 48.7 Å². The van der Waals surface area contributed by atoms with Gasteiger partial charge < -0.3 is 10.2 Å². The fraction of sp³-hybridized carbons (Fsp3) is 0.381. The number of benzene rings is 2. The second-order valence-corrected chi connectivity index (χ2v) is 6.96. The molecule has 0 aromatic heterocycles. The van der Waals surface area contributed by atoms with Crippen molar-refractivity contribution in [3.05, 3.63) is 65.5 Å². The number of amides is 1. The molecule has 0 radical (unpaired) electrons. The lowest BCUT2D eigenvalue weighted by molar-refractivity contribution is 0.0936. The average molecular weight is 340 g/mol. The van der Waals surface area contributed by atoms with Crippen molar-refractivity contribution in [2.45, 2.75) is 32.7 Å². The van der Waals surface area contributed by atoms with Crippen molar-refractivity contribution >= 4 is 11.6 Å². The lowest BCUT2D eigenvalue weighted by Gasteiger charge is -2.33. The molecule has 0 saturated carbocycles. The Morgan fingerprint density at radius 1 is 1.20 bits per heavy atom. The molecule has 25 heavy (non-hydrogen) atoms.